The summed E-state index contributed by atoms with van der Waals surface area (Å²) in [5.41, 5.74) is -0.240. The van der Waals surface area contributed by atoms with Crippen molar-refractivity contribution >= 4 is 35.0 Å². The van der Waals surface area contributed by atoms with Gasteiger partial charge in [-0.25, -0.2) is 4.98 Å². The van der Waals surface area contributed by atoms with E-state index in [1.807, 2.05) is 13.8 Å². The van der Waals surface area contributed by atoms with Crippen molar-refractivity contribution in [3.63, 3.8) is 0 Å². The fraction of sp³-hybridized carbons (Fsp3) is 0.600. The molecule has 0 bridgehead atoms. The first-order valence-electron chi connectivity index (χ1n) is 7.25. The maximum absolute atomic E-state index is 12.0. The van der Waals surface area contributed by atoms with E-state index in [1.165, 1.54) is 23.1 Å². The molecule has 1 amide bonds. The zero-order chi connectivity index (χ0) is 17.5. The standard InChI is InChI=1S/C15H21N3O3S2/c1-5-21-13(20)6-11-7-22-14(17-11)23-8-12(19)18-15(4,9-16)10(2)3/h7,10H,5-6,8H2,1-4H3,(H,18,19)/t15-/m0/s1. The topological polar surface area (TPSA) is 92.1 Å². The molecule has 0 spiro atoms. The van der Waals surface area contributed by atoms with Crippen molar-refractivity contribution in [2.45, 2.75) is 44.0 Å². The number of nitrogens with one attached hydrogen (secondary N) is 1. The Labute approximate surface area is 144 Å². The molecule has 23 heavy (non-hydrogen) atoms. The first-order chi connectivity index (χ1) is 10.8. The number of hydrogen-bond donors (Lipinski definition) is 1. The average molecular weight is 355 g/mol. The largest absolute Gasteiger partial charge is 0.466 e. The van der Waals surface area contributed by atoms with Crippen LogP contribution in [0.2, 0.25) is 0 Å². The Bertz CT molecular complexity index is 595. The molecule has 6 nitrogen and oxygen atoms in total. The molecule has 1 heterocycles. The molecule has 1 aromatic rings. The number of aromatic nitrogens is 1. The molecular weight excluding hydrogens is 334 g/mol. The molecule has 0 aliphatic rings. The lowest BCUT2D eigenvalue weighted by Crippen LogP contribution is -2.49. The molecule has 8 heteroatoms. The molecule has 0 unspecified atom stereocenters. The van der Waals surface area contributed by atoms with Gasteiger partial charge in [-0.05, 0) is 19.8 Å². The fourth-order valence-corrected chi connectivity index (χ4v) is 3.19. The van der Waals surface area contributed by atoms with Gasteiger partial charge in [0.25, 0.3) is 0 Å². The van der Waals surface area contributed by atoms with Crippen molar-refractivity contribution in [1.29, 1.82) is 5.26 Å². The van der Waals surface area contributed by atoms with Gasteiger partial charge in [-0.2, -0.15) is 5.26 Å². The normalized spacial score (nSPS) is 13.2. The summed E-state index contributed by atoms with van der Waals surface area (Å²) in [7, 11) is 0. The highest BCUT2D eigenvalue weighted by Gasteiger charge is 2.29. The van der Waals surface area contributed by atoms with Crippen molar-refractivity contribution in [3.05, 3.63) is 11.1 Å². The summed E-state index contributed by atoms with van der Waals surface area (Å²) in [4.78, 5) is 27.7. The summed E-state index contributed by atoms with van der Waals surface area (Å²) in [6, 6.07) is 2.14. The van der Waals surface area contributed by atoms with Crippen LogP contribution in [0.3, 0.4) is 0 Å². The highest BCUT2D eigenvalue weighted by Crippen LogP contribution is 2.23. The minimum Gasteiger partial charge on any atom is -0.466 e. The van der Waals surface area contributed by atoms with Crippen LogP contribution in [-0.4, -0.2) is 34.8 Å². The van der Waals surface area contributed by atoms with Crippen molar-refractivity contribution in [2.24, 2.45) is 5.92 Å². The Balaban J connectivity index is 2.50. The minimum atomic E-state index is -0.879. The third-order valence-corrected chi connectivity index (χ3v) is 5.34. The number of hydrogen-bond acceptors (Lipinski definition) is 7. The molecule has 1 N–H and O–H groups in total. The average Bonchev–Trinajstić information content (AvgIpc) is 2.92. The Morgan fingerprint density at radius 1 is 1.57 bits per heavy atom. The maximum Gasteiger partial charge on any atom is 0.311 e. The van der Waals surface area contributed by atoms with Crippen LogP contribution >= 0.6 is 23.1 Å². The lowest BCUT2D eigenvalue weighted by atomic mass is 9.90. The Hall–Kier alpha value is -1.59. The van der Waals surface area contributed by atoms with Gasteiger partial charge in [-0.1, -0.05) is 25.6 Å². The molecule has 0 saturated heterocycles. The van der Waals surface area contributed by atoms with Crippen LogP contribution in [0.15, 0.2) is 9.72 Å². The van der Waals surface area contributed by atoms with E-state index in [0.717, 1.165) is 0 Å². The number of nitriles is 1. The summed E-state index contributed by atoms with van der Waals surface area (Å²) in [5, 5.41) is 13.7. The lowest BCUT2D eigenvalue weighted by Gasteiger charge is -2.27. The summed E-state index contributed by atoms with van der Waals surface area (Å²) >= 11 is 2.67. The second-order valence-electron chi connectivity index (χ2n) is 5.39. The van der Waals surface area contributed by atoms with Crippen LogP contribution in [-0.2, 0) is 20.7 Å². The van der Waals surface area contributed by atoms with E-state index in [4.69, 9.17) is 4.74 Å². The van der Waals surface area contributed by atoms with E-state index >= 15 is 0 Å². The van der Waals surface area contributed by atoms with E-state index < -0.39 is 5.54 Å². The number of rotatable bonds is 8. The van der Waals surface area contributed by atoms with Crippen molar-refractivity contribution in [2.75, 3.05) is 12.4 Å². The number of ether oxygens (including phenoxy) is 1. The van der Waals surface area contributed by atoms with Crippen molar-refractivity contribution in [1.82, 2.24) is 10.3 Å². The number of thioether (sulfide) groups is 1. The summed E-state index contributed by atoms with van der Waals surface area (Å²) in [6.45, 7) is 7.59. The highest BCUT2D eigenvalue weighted by molar-refractivity contribution is 8.01. The third-order valence-electron chi connectivity index (χ3n) is 3.27. The Morgan fingerprint density at radius 3 is 2.83 bits per heavy atom. The number of carbonyl (C=O) groups excluding carboxylic acids is 2. The highest BCUT2D eigenvalue weighted by atomic mass is 32.2. The number of amides is 1. The second kappa shape index (κ2) is 8.89. The van der Waals surface area contributed by atoms with Gasteiger partial charge >= 0.3 is 5.97 Å². The maximum atomic E-state index is 12.0. The van der Waals surface area contributed by atoms with Crippen LogP contribution < -0.4 is 5.32 Å². The molecule has 1 rings (SSSR count). The lowest BCUT2D eigenvalue weighted by molar-refractivity contribution is -0.142. The summed E-state index contributed by atoms with van der Waals surface area (Å²) in [6.07, 6.45) is 0.136. The summed E-state index contributed by atoms with van der Waals surface area (Å²) < 4.78 is 5.58. The zero-order valence-corrected chi connectivity index (χ0v) is 15.3. The molecule has 0 fully saturated rings. The van der Waals surface area contributed by atoms with Gasteiger partial charge in [0.05, 0.1) is 30.5 Å². The van der Waals surface area contributed by atoms with Crippen molar-refractivity contribution in [3.8, 4) is 6.07 Å². The number of thiazole rings is 1. The van der Waals surface area contributed by atoms with Gasteiger partial charge in [0.15, 0.2) is 4.34 Å². The zero-order valence-electron chi connectivity index (χ0n) is 13.7. The van der Waals surface area contributed by atoms with Crippen LogP contribution in [0, 0.1) is 17.2 Å². The second-order valence-corrected chi connectivity index (χ2v) is 7.47. The first-order valence-corrected chi connectivity index (χ1v) is 9.12. The molecule has 0 radical (unpaired) electrons. The smallest absolute Gasteiger partial charge is 0.311 e. The monoisotopic (exact) mass is 355 g/mol. The van der Waals surface area contributed by atoms with Gasteiger partial charge in [0.2, 0.25) is 5.91 Å². The quantitative estimate of drug-likeness (QED) is 0.569. The molecule has 0 saturated carbocycles. The van der Waals surface area contributed by atoms with Crippen LogP contribution in [0.5, 0.6) is 0 Å². The van der Waals surface area contributed by atoms with Crippen LogP contribution in [0.25, 0.3) is 0 Å². The van der Waals surface area contributed by atoms with E-state index in [1.54, 1.807) is 19.2 Å². The third kappa shape index (κ3) is 6.20. The van der Waals surface area contributed by atoms with Gasteiger partial charge in [0, 0.05) is 5.38 Å². The SMILES string of the molecule is CCOC(=O)Cc1csc(SCC(=O)N[C@@](C)(C#N)C(C)C)n1. The first kappa shape index (κ1) is 19.5. The van der Waals surface area contributed by atoms with E-state index in [9.17, 15) is 14.9 Å². The minimum absolute atomic E-state index is 0.0116. The van der Waals surface area contributed by atoms with Gasteiger partial charge < -0.3 is 10.1 Å². The van der Waals surface area contributed by atoms with Crippen LogP contribution in [0.4, 0.5) is 0 Å². The fourth-order valence-electron chi connectivity index (χ4n) is 1.55. The number of carbonyl (C=O) groups is 2. The predicted molar refractivity (Wildman–Crippen MR) is 90.2 cm³/mol. The van der Waals surface area contributed by atoms with Gasteiger partial charge in [-0.15, -0.1) is 11.3 Å². The Morgan fingerprint density at radius 2 is 2.26 bits per heavy atom. The van der Waals surface area contributed by atoms with Gasteiger partial charge in [0.1, 0.15) is 5.54 Å². The van der Waals surface area contributed by atoms with E-state index in [2.05, 4.69) is 16.4 Å². The predicted octanol–water partition coefficient (Wildman–Crippen LogP) is 2.40. The molecule has 1 atom stereocenters. The van der Waals surface area contributed by atoms with E-state index in [0.29, 0.717) is 16.6 Å². The van der Waals surface area contributed by atoms with Crippen LogP contribution in [0.1, 0.15) is 33.4 Å². The van der Waals surface area contributed by atoms with Crippen molar-refractivity contribution < 1.29 is 14.3 Å². The molecule has 0 aliphatic carbocycles. The van der Waals surface area contributed by atoms with E-state index in [-0.39, 0.29) is 30.0 Å². The number of nitrogens with zero attached hydrogens (tertiary/aromatic N) is 2. The van der Waals surface area contributed by atoms with Gasteiger partial charge in [-0.3, -0.25) is 9.59 Å². The summed E-state index contributed by atoms with van der Waals surface area (Å²) in [5.74, 6) is -0.336. The number of esters is 1. The molecule has 0 aliphatic heterocycles. The molecule has 1 aromatic heterocycles. The molecule has 126 valence electrons. The molecule has 0 aromatic carbocycles. The Kier molecular flexibility index (Phi) is 7.52. The molecular formula is C15H21N3O3S2.